The number of amidine groups is 1. The molecule has 4 aromatic rings. The molecule has 0 fully saturated rings. The first-order valence-corrected chi connectivity index (χ1v) is 16.5. The van der Waals surface area contributed by atoms with Gasteiger partial charge in [0.05, 0.1) is 5.69 Å². The number of nitrogens with one attached hydrogen (secondary N) is 1. The van der Waals surface area contributed by atoms with Gasteiger partial charge in [-0.15, -0.1) is 0 Å². The van der Waals surface area contributed by atoms with Crippen molar-refractivity contribution in [3.63, 3.8) is 0 Å². The fraction of sp³-hybridized carbons (Fsp3) is 0.421. The van der Waals surface area contributed by atoms with Crippen LogP contribution in [0.1, 0.15) is 105 Å². The van der Waals surface area contributed by atoms with Gasteiger partial charge in [-0.05, 0) is 102 Å². The molecule has 0 saturated carbocycles. The predicted octanol–water partition coefficient (Wildman–Crippen LogP) is 6.78. The fourth-order valence-electron chi connectivity index (χ4n) is 5.04. The summed E-state index contributed by atoms with van der Waals surface area (Å²) in [6.45, 7) is 23.0. The number of hydrogen-bond acceptors (Lipinski definition) is 10. The number of pyridine rings is 1. The van der Waals surface area contributed by atoms with Gasteiger partial charge in [0, 0.05) is 44.5 Å². The number of nitrogens with zero attached hydrogens (tertiary/aromatic N) is 5. The summed E-state index contributed by atoms with van der Waals surface area (Å²) in [5.74, 6) is 0.123. The molecule has 3 aromatic heterocycles. The van der Waals surface area contributed by atoms with Gasteiger partial charge >= 0.3 is 11.9 Å². The summed E-state index contributed by atoms with van der Waals surface area (Å²) >= 11 is 0. The lowest BCUT2D eigenvalue weighted by Gasteiger charge is -2.20. The smallest absolute Gasteiger partial charge is 0.377 e. The third-order valence-corrected chi connectivity index (χ3v) is 7.22. The number of ether oxygens (including phenoxy) is 3. The zero-order chi connectivity index (χ0) is 37.4. The average Bonchev–Trinajstić information content (AvgIpc) is 3.43. The van der Waals surface area contributed by atoms with Gasteiger partial charge < -0.3 is 29.7 Å². The van der Waals surface area contributed by atoms with E-state index >= 15 is 0 Å². The van der Waals surface area contributed by atoms with Gasteiger partial charge in [-0.3, -0.25) is 9.79 Å². The maximum absolute atomic E-state index is 12.9. The minimum Gasteiger partial charge on any atom is -0.471 e. The van der Waals surface area contributed by atoms with E-state index in [1.165, 1.54) is 12.5 Å². The summed E-state index contributed by atoms with van der Waals surface area (Å²) in [5, 5.41) is 3.33. The Bertz CT molecular complexity index is 1880. The number of carbonyl (C=O) groups is 2. The van der Waals surface area contributed by atoms with Crippen LogP contribution in [0.15, 0.2) is 48.2 Å². The first-order valence-electron chi connectivity index (χ1n) is 16.5. The van der Waals surface area contributed by atoms with Gasteiger partial charge in [0.15, 0.2) is 0 Å². The van der Waals surface area contributed by atoms with Crippen molar-refractivity contribution in [1.29, 1.82) is 0 Å². The number of imidazole rings is 1. The van der Waals surface area contributed by atoms with Gasteiger partial charge in [0.1, 0.15) is 35.1 Å². The van der Waals surface area contributed by atoms with Crippen LogP contribution in [0, 0.1) is 13.8 Å². The van der Waals surface area contributed by atoms with Crippen LogP contribution in [-0.4, -0.2) is 55.4 Å². The Morgan fingerprint density at radius 2 is 1.70 bits per heavy atom. The number of anilines is 1. The largest absolute Gasteiger partial charge is 0.471 e. The molecular formula is C38H51N7O5. The summed E-state index contributed by atoms with van der Waals surface area (Å²) in [5.41, 5.74) is 12.7. The third kappa shape index (κ3) is 11.1. The van der Waals surface area contributed by atoms with Gasteiger partial charge in [-0.25, -0.2) is 14.8 Å². The summed E-state index contributed by atoms with van der Waals surface area (Å²) in [7, 11) is 1.66. The number of hydrogen-bond donors (Lipinski definition) is 2. The minimum atomic E-state index is -0.709. The van der Waals surface area contributed by atoms with Crippen LogP contribution in [-0.2, 0) is 33.8 Å². The van der Waals surface area contributed by atoms with Crippen molar-refractivity contribution in [2.24, 2.45) is 10.7 Å². The number of esters is 2. The van der Waals surface area contributed by atoms with Crippen molar-refractivity contribution in [3.8, 4) is 5.88 Å². The molecule has 12 heteroatoms. The molecule has 12 nitrogen and oxygen atoms in total. The molecule has 0 aliphatic carbocycles. The lowest BCUT2D eigenvalue weighted by atomic mass is 9.92. The molecule has 3 N–H and O–H groups in total. The zero-order valence-electron chi connectivity index (χ0n) is 31.2. The summed E-state index contributed by atoms with van der Waals surface area (Å²) in [6, 6.07) is 7.70. The second kappa shape index (κ2) is 16.4. The molecule has 0 spiro atoms. The minimum absolute atomic E-state index is 0.102. The van der Waals surface area contributed by atoms with Crippen molar-refractivity contribution in [3.05, 3.63) is 88.1 Å². The summed E-state index contributed by atoms with van der Waals surface area (Å²) in [6.07, 6.45) is 6.69. The van der Waals surface area contributed by atoms with E-state index in [0.29, 0.717) is 18.2 Å². The Balaban J connectivity index is 0.000000753. The SMILES string of the molecule is C=Cc1c(C(N)=NC)cc(C)c(CNc2cc(OCc3cn4cc(CC)ccc4n3)nc(C(=O)OC(C)(C)C)n2)c1C.CC(=O)OC(C)(C)C. The van der Waals surface area contributed by atoms with E-state index in [1.54, 1.807) is 40.0 Å². The highest BCUT2D eigenvalue weighted by molar-refractivity contribution is 6.01. The number of aryl methyl sites for hydroxylation is 2. The maximum Gasteiger partial charge on any atom is 0.377 e. The molecular weight excluding hydrogens is 634 g/mol. The molecule has 4 rings (SSSR count). The Kier molecular flexibility index (Phi) is 12.9. The standard InChI is InChI=1S/C32H39N7O3.C6H12O2/c1-9-21-11-12-27-36-22(17-39(27)16-21)18-41-28-14-26(37-30(38-28)31(40)42-32(5,6)7)35-15-25-19(3)13-24(29(33)34-8)23(10-2)20(25)4;1-5(7)8-6(2,3)4/h10-14,16-17H,2,9,15,18H2,1,3-8H3,(H2,33,34)(H,35,37,38);1-4H3. The molecule has 0 atom stereocenters. The number of fused-ring (bicyclic) bond motifs is 1. The number of aliphatic imine (C=N–C) groups is 1. The van der Waals surface area contributed by atoms with Crippen molar-refractivity contribution in [1.82, 2.24) is 19.4 Å². The topological polar surface area (TPSA) is 155 Å². The van der Waals surface area contributed by atoms with Gasteiger partial charge in [-0.2, -0.15) is 4.98 Å². The monoisotopic (exact) mass is 685 g/mol. The first-order chi connectivity index (χ1) is 23.3. The van der Waals surface area contributed by atoms with E-state index in [2.05, 4.69) is 51.0 Å². The molecule has 0 bridgehead atoms. The zero-order valence-corrected chi connectivity index (χ0v) is 31.2. The van der Waals surface area contributed by atoms with E-state index in [1.807, 2.05) is 57.3 Å². The van der Waals surface area contributed by atoms with Crippen molar-refractivity contribution in [2.75, 3.05) is 12.4 Å². The second-order valence-corrected chi connectivity index (χ2v) is 13.7. The highest BCUT2D eigenvalue weighted by Crippen LogP contribution is 2.26. The van der Waals surface area contributed by atoms with Crippen LogP contribution in [0.2, 0.25) is 0 Å². The van der Waals surface area contributed by atoms with E-state index in [9.17, 15) is 9.59 Å². The Labute approximate surface area is 295 Å². The summed E-state index contributed by atoms with van der Waals surface area (Å²) < 4.78 is 18.3. The highest BCUT2D eigenvalue weighted by atomic mass is 16.6. The normalized spacial score (nSPS) is 11.8. The van der Waals surface area contributed by atoms with Crippen LogP contribution < -0.4 is 15.8 Å². The van der Waals surface area contributed by atoms with Crippen LogP contribution in [0.25, 0.3) is 11.7 Å². The van der Waals surface area contributed by atoms with Gasteiger partial charge in [0.2, 0.25) is 11.7 Å². The number of benzene rings is 1. The van der Waals surface area contributed by atoms with Crippen LogP contribution in [0.3, 0.4) is 0 Å². The van der Waals surface area contributed by atoms with Crippen LogP contribution in [0.4, 0.5) is 5.82 Å². The molecule has 0 unspecified atom stereocenters. The predicted molar refractivity (Wildman–Crippen MR) is 198 cm³/mol. The van der Waals surface area contributed by atoms with Crippen molar-refractivity contribution >= 4 is 35.3 Å². The number of rotatable bonds is 10. The fourth-order valence-corrected chi connectivity index (χ4v) is 5.04. The van der Waals surface area contributed by atoms with Crippen LogP contribution in [0.5, 0.6) is 5.88 Å². The van der Waals surface area contributed by atoms with E-state index in [4.69, 9.17) is 19.9 Å². The van der Waals surface area contributed by atoms with Crippen molar-refractivity contribution < 1.29 is 23.8 Å². The first kappa shape index (κ1) is 39.2. The Morgan fingerprint density at radius 1 is 1.02 bits per heavy atom. The van der Waals surface area contributed by atoms with Crippen molar-refractivity contribution in [2.45, 2.75) is 100 Å². The van der Waals surface area contributed by atoms with Gasteiger partial charge in [0.25, 0.3) is 0 Å². The number of carbonyl (C=O) groups excluding carboxylic acids is 2. The summed E-state index contributed by atoms with van der Waals surface area (Å²) in [4.78, 5) is 40.7. The number of nitrogens with two attached hydrogens (primary N) is 1. The molecule has 0 amide bonds. The molecule has 1 aromatic carbocycles. The molecule has 0 radical (unpaired) electrons. The molecule has 268 valence electrons. The Hall–Kier alpha value is -5.26. The number of aromatic nitrogens is 4. The highest BCUT2D eigenvalue weighted by Gasteiger charge is 2.22. The van der Waals surface area contributed by atoms with Crippen LogP contribution >= 0.6 is 0 Å². The second-order valence-electron chi connectivity index (χ2n) is 13.7. The quantitative estimate of drug-likeness (QED) is 0.104. The molecule has 3 heterocycles. The lowest BCUT2D eigenvalue weighted by Crippen LogP contribution is -2.25. The molecule has 0 aliphatic heterocycles. The molecule has 50 heavy (non-hydrogen) atoms. The van der Waals surface area contributed by atoms with Gasteiger partial charge in [-0.1, -0.05) is 25.6 Å². The average molecular weight is 686 g/mol. The Morgan fingerprint density at radius 3 is 2.26 bits per heavy atom. The molecule has 0 aliphatic rings. The van der Waals surface area contributed by atoms with E-state index in [-0.39, 0.29) is 29.9 Å². The van der Waals surface area contributed by atoms with E-state index < -0.39 is 11.6 Å². The lowest BCUT2D eigenvalue weighted by molar-refractivity contribution is -0.151. The maximum atomic E-state index is 12.9. The third-order valence-electron chi connectivity index (χ3n) is 7.22. The van der Waals surface area contributed by atoms with E-state index in [0.717, 1.165) is 45.6 Å². The molecule has 0 saturated heterocycles.